The van der Waals surface area contributed by atoms with Crippen LogP contribution in [0.5, 0.6) is 5.75 Å². The molecule has 1 atom stereocenters. The molecule has 0 spiro atoms. The number of ketones is 1. The van der Waals surface area contributed by atoms with E-state index in [-0.39, 0.29) is 40.8 Å². The van der Waals surface area contributed by atoms with Gasteiger partial charge in [0, 0.05) is 50.8 Å². The Morgan fingerprint density at radius 1 is 1.12 bits per heavy atom. The Labute approximate surface area is 202 Å². The quantitative estimate of drug-likeness (QED) is 0.467. The first-order valence-electron chi connectivity index (χ1n) is 11.2. The highest BCUT2D eigenvalue weighted by Crippen LogP contribution is 2.27. The maximum Gasteiger partial charge on any atom is 0.236 e. The van der Waals surface area contributed by atoms with Gasteiger partial charge in [0.15, 0.2) is 5.78 Å². The molecule has 3 heterocycles. The van der Waals surface area contributed by atoms with Crippen molar-refractivity contribution in [2.75, 3.05) is 56.0 Å². The van der Waals surface area contributed by atoms with Gasteiger partial charge >= 0.3 is 0 Å². The number of hydrogen-bond acceptors (Lipinski definition) is 8. The Morgan fingerprint density at radius 2 is 1.82 bits per heavy atom. The number of nitrogens with one attached hydrogen (secondary N) is 1. The summed E-state index contributed by atoms with van der Waals surface area (Å²) in [7, 11) is 0. The maximum atomic E-state index is 12.8. The van der Waals surface area contributed by atoms with Crippen LogP contribution in [0.25, 0.3) is 0 Å². The third-order valence-electron chi connectivity index (χ3n) is 6.18. The Balaban J connectivity index is 1.22. The fourth-order valence-electron chi connectivity index (χ4n) is 4.13. The summed E-state index contributed by atoms with van der Waals surface area (Å²) in [6.07, 6.45) is 3.73. The number of anilines is 2. The van der Waals surface area contributed by atoms with Crippen LogP contribution in [0, 0.1) is 5.92 Å². The lowest BCUT2D eigenvalue weighted by Gasteiger charge is -2.35. The Morgan fingerprint density at radius 3 is 2.47 bits per heavy atom. The molecule has 1 aromatic carbocycles. The van der Waals surface area contributed by atoms with Crippen LogP contribution in [-0.2, 0) is 9.59 Å². The number of hydrogen-bond donors (Lipinski definition) is 2. The number of phenols is 1. The first-order chi connectivity index (χ1) is 16.3. The second-order valence-corrected chi connectivity index (χ2v) is 8.98. The lowest BCUT2D eigenvalue weighted by molar-refractivity contribution is -0.132. The van der Waals surface area contributed by atoms with Crippen molar-refractivity contribution in [2.45, 2.75) is 13.3 Å². The van der Waals surface area contributed by atoms with Crippen molar-refractivity contribution < 1.29 is 19.5 Å². The number of piperazine rings is 1. The molecule has 2 fully saturated rings. The van der Waals surface area contributed by atoms with Crippen molar-refractivity contribution in [3.63, 3.8) is 0 Å². The molecule has 1 aromatic heterocycles. The van der Waals surface area contributed by atoms with Crippen molar-refractivity contribution in [2.24, 2.45) is 5.92 Å². The van der Waals surface area contributed by atoms with Crippen LogP contribution in [0.1, 0.15) is 23.7 Å². The van der Waals surface area contributed by atoms with Crippen molar-refractivity contribution in [1.82, 2.24) is 19.8 Å². The molecule has 2 N–H and O–H groups in total. The molecule has 2 amide bonds. The SMILES string of the molecule is CC(=O)c1cnc(N2CCN(C(=O)CN3CC[C@@H](C(=O)Nc4ccc(O)c(Cl)c4)C3)CC2)nc1. The van der Waals surface area contributed by atoms with E-state index >= 15 is 0 Å². The van der Waals surface area contributed by atoms with E-state index in [4.69, 9.17) is 11.6 Å². The summed E-state index contributed by atoms with van der Waals surface area (Å²) in [5.74, 6) is 0.144. The lowest BCUT2D eigenvalue weighted by atomic mass is 10.1. The number of carbonyl (C=O) groups excluding carboxylic acids is 3. The predicted octanol–water partition coefficient (Wildman–Crippen LogP) is 1.65. The standard InChI is InChI=1S/C23H27ClN6O4/c1-15(31)17-11-25-23(26-12-17)30-8-6-29(7-9-30)21(33)14-28-5-4-16(13-28)22(34)27-18-2-3-20(32)19(24)10-18/h2-3,10-12,16,32H,4-9,13-14H2,1H3,(H,27,34)/t16-/m1/s1. The molecule has 0 unspecified atom stereocenters. The van der Waals surface area contributed by atoms with Crippen molar-refractivity contribution in [3.05, 3.63) is 41.2 Å². The van der Waals surface area contributed by atoms with Crippen LogP contribution in [0.3, 0.4) is 0 Å². The highest BCUT2D eigenvalue weighted by atomic mass is 35.5. The minimum atomic E-state index is -0.215. The molecule has 10 nitrogen and oxygen atoms in total. The predicted molar refractivity (Wildman–Crippen MR) is 127 cm³/mol. The van der Waals surface area contributed by atoms with Gasteiger partial charge in [-0.25, -0.2) is 9.97 Å². The van der Waals surface area contributed by atoms with Gasteiger partial charge in [0.1, 0.15) is 5.75 Å². The van der Waals surface area contributed by atoms with Crippen molar-refractivity contribution in [1.29, 1.82) is 0 Å². The fourth-order valence-corrected chi connectivity index (χ4v) is 4.31. The molecular formula is C23H27ClN6O4. The third kappa shape index (κ3) is 5.63. The molecule has 2 aliphatic rings. The van der Waals surface area contributed by atoms with Gasteiger partial charge in [0.05, 0.1) is 23.0 Å². The summed E-state index contributed by atoms with van der Waals surface area (Å²) in [4.78, 5) is 51.2. The van der Waals surface area contributed by atoms with E-state index in [2.05, 4.69) is 15.3 Å². The van der Waals surface area contributed by atoms with Gasteiger partial charge in [-0.1, -0.05) is 11.6 Å². The first kappa shape index (κ1) is 23.9. The molecule has 34 heavy (non-hydrogen) atoms. The van der Waals surface area contributed by atoms with E-state index in [0.29, 0.717) is 62.9 Å². The van der Waals surface area contributed by atoms with Crippen LogP contribution < -0.4 is 10.2 Å². The van der Waals surface area contributed by atoms with Crippen LogP contribution in [0.15, 0.2) is 30.6 Å². The number of phenolic OH excluding ortho intramolecular Hbond substituents is 1. The number of rotatable bonds is 6. The van der Waals surface area contributed by atoms with Gasteiger partial charge < -0.3 is 20.2 Å². The molecule has 0 radical (unpaired) electrons. The number of halogens is 1. The first-order valence-corrected chi connectivity index (χ1v) is 11.6. The van der Waals surface area contributed by atoms with Gasteiger partial charge in [-0.2, -0.15) is 0 Å². The maximum absolute atomic E-state index is 12.8. The highest BCUT2D eigenvalue weighted by Gasteiger charge is 2.31. The summed E-state index contributed by atoms with van der Waals surface area (Å²) in [5.41, 5.74) is 1.00. The zero-order valence-corrected chi connectivity index (χ0v) is 19.7. The second-order valence-electron chi connectivity index (χ2n) is 8.57. The fraction of sp³-hybridized carbons (Fsp3) is 0.435. The van der Waals surface area contributed by atoms with Gasteiger partial charge in [-0.15, -0.1) is 0 Å². The number of nitrogens with zero attached hydrogens (tertiary/aromatic N) is 5. The summed E-state index contributed by atoms with van der Waals surface area (Å²) < 4.78 is 0. The smallest absolute Gasteiger partial charge is 0.236 e. The minimum absolute atomic E-state index is 0.0375. The number of amides is 2. The molecule has 2 saturated heterocycles. The average Bonchev–Trinajstić information content (AvgIpc) is 3.30. The van der Waals surface area contributed by atoms with E-state index in [9.17, 15) is 19.5 Å². The molecular weight excluding hydrogens is 460 g/mol. The molecule has 11 heteroatoms. The van der Waals surface area contributed by atoms with E-state index in [0.717, 1.165) is 0 Å². The van der Waals surface area contributed by atoms with E-state index in [1.807, 2.05) is 14.7 Å². The molecule has 2 aliphatic heterocycles. The van der Waals surface area contributed by atoms with Gasteiger partial charge in [-0.05, 0) is 38.1 Å². The highest BCUT2D eigenvalue weighted by molar-refractivity contribution is 6.32. The summed E-state index contributed by atoms with van der Waals surface area (Å²) in [6, 6.07) is 4.54. The molecule has 180 valence electrons. The van der Waals surface area contributed by atoms with Crippen LogP contribution >= 0.6 is 11.6 Å². The van der Waals surface area contributed by atoms with Crippen molar-refractivity contribution in [3.8, 4) is 5.75 Å². The zero-order chi connectivity index (χ0) is 24.2. The Hall–Kier alpha value is -3.24. The number of benzene rings is 1. The van der Waals surface area contributed by atoms with Crippen LogP contribution in [-0.4, -0.2) is 88.3 Å². The molecule has 2 aromatic rings. The van der Waals surface area contributed by atoms with E-state index in [1.165, 1.54) is 31.5 Å². The second kappa shape index (κ2) is 10.4. The van der Waals surface area contributed by atoms with Crippen LogP contribution in [0.4, 0.5) is 11.6 Å². The number of carbonyl (C=O) groups is 3. The number of likely N-dealkylation sites (tertiary alicyclic amines) is 1. The van der Waals surface area contributed by atoms with Gasteiger partial charge in [-0.3, -0.25) is 19.3 Å². The molecule has 0 saturated carbocycles. The van der Waals surface area contributed by atoms with Crippen molar-refractivity contribution >= 4 is 40.8 Å². The van der Waals surface area contributed by atoms with E-state index in [1.54, 1.807) is 6.07 Å². The topological polar surface area (TPSA) is 119 Å². The Bertz CT molecular complexity index is 1070. The minimum Gasteiger partial charge on any atom is -0.506 e. The normalized spacial score (nSPS) is 18.7. The monoisotopic (exact) mass is 486 g/mol. The van der Waals surface area contributed by atoms with E-state index < -0.39 is 0 Å². The average molecular weight is 487 g/mol. The van der Waals surface area contributed by atoms with Crippen LogP contribution in [0.2, 0.25) is 5.02 Å². The summed E-state index contributed by atoms with van der Waals surface area (Å²) in [5, 5.41) is 12.5. The lowest BCUT2D eigenvalue weighted by Crippen LogP contribution is -2.51. The summed E-state index contributed by atoms with van der Waals surface area (Å²) >= 11 is 5.90. The largest absolute Gasteiger partial charge is 0.506 e. The van der Waals surface area contributed by atoms with Gasteiger partial charge in [0.2, 0.25) is 17.8 Å². The number of aromatic nitrogens is 2. The third-order valence-corrected chi connectivity index (χ3v) is 6.48. The zero-order valence-electron chi connectivity index (χ0n) is 18.9. The Kier molecular flexibility index (Phi) is 7.28. The number of Topliss-reactive ketones (excluding diaryl/α,β-unsaturated/α-hetero) is 1. The molecule has 0 bridgehead atoms. The number of aromatic hydroxyl groups is 1. The summed E-state index contributed by atoms with van der Waals surface area (Å²) in [6.45, 7) is 5.31. The van der Waals surface area contributed by atoms with Gasteiger partial charge in [0.25, 0.3) is 0 Å². The molecule has 0 aliphatic carbocycles. The molecule has 4 rings (SSSR count).